The van der Waals surface area contributed by atoms with Crippen molar-refractivity contribution in [2.75, 3.05) is 31.3 Å². The van der Waals surface area contributed by atoms with Crippen LogP contribution in [-0.2, 0) is 9.53 Å². The fourth-order valence-corrected chi connectivity index (χ4v) is 3.54. The number of hydrogen-bond acceptors (Lipinski definition) is 6. The number of benzene rings is 2. The lowest BCUT2D eigenvalue weighted by atomic mass is 10.1. The number of aryl methyl sites for hydroxylation is 1. The van der Waals surface area contributed by atoms with Gasteiger partial charge in [0.2, 0.25) is 0 Å². The molecule has 0 radical (unpaired) electrons. The number of anilines is 1. The minimum atomic E-state index is -0.583. The number of halogens is 1. The molecule has 0 saturated heterocycles. The lowest BCUT2D eigenvalue weighted by Gasteiger charge is -2.16. The number of hydrogen-bond donors (Lipinski definition) is 0. The summed E-state index contributed by atoms with van der Waals surface area (Å²) in [5.74, 6) is -0.583. The molecule has 1 aromatic heterocycles. The van der Waals surface area contributed by atoms with Crippen LogP contribution in [0.3, 0.4) is 0 Å². The van der Waals surface area contributed by atoms with E-state index in [2.05, 4.69) is 0 Å². The molecule has 0 aliphatic carbocycles. The van der Waals surface area contributed by atoms with Crippen molar-refractivity contribution in [3.63, 3.8) is 0 Å². The van der Waals surface area contributed by atoms with Gasteiger partial charge in [0.1, 0.15) is 17.9 Å². The first-order valence-corrected chi connectivity index (χ1v) is 9.72. The number of nitrogens with zero attached hydrogens (tertiary/aromatic N) is 1. The number of amides is 1. The van der Waals surface area contributed by atoms with Crippen molar-refractivity contribution in [2.24, 2.45) is 0 Å². The highest BCUT2D eigenvalue weighted by Crippen LogP contribution is 2.30. The largest absolute Gasteiger partial charge is 0.491 e. The van der Waals surface area contributed by atoms with Crippen LogP contribution in [0.4, 0.5) is 5.69 Å². The first kappa shape index (κ1) is 20.1. The zero-order valence-electron chi connectivity index (χ0n) is 16.1. The predicted octanol–water partition coefficient (Wildman–Crippen LogP) is 3.38. The Hall–Kier alpha value is -3.16. The average Bonchev–Trinajstić information content (AvgIpc) is 2.94. The van der Waals surface area contributed by atoms with Crippen LogP contribution in [0.1, 0.15) is 15.9 Å². The van der Waals surface area contributed by atoms with Crippen LogP contribution in [0.2, 0.25) is 5.02 Å². The van der Waals surface area contributed by atoms with Gasteiger partial charge in [-0.3, -0.25) is 9.59 Å². The van der Waals surface area contributed by atoms with Gasteiger partial charge < -0.3 is 18.8 Å². The number of ether oxygens (including phenoxy) is 2. The first-order chi connectivity index (χ1) is 14.4. The predicted molar refractivity (Wildman–Crippen MR) is 112 cm³/mol. The Morgan fingerprint density at radius 3 is 2.67 bits per heavy atom. The smallest absolute Gasteiger partial charge is 0.336 e. The minimum absolute atomic E-state index is 0.246. The Balaban J connectivity index is 1.27. The fraction of sp³-hybridized carbons (Fsp3) is 0.227. The quantitative estimate of drug-likeness (QED) is 0.326. The number of carbonyl (C=O) groups excluding carboxylic acids is 2. The zero-order chi connectivity index (χ0) is 21.3. The van der Waals surface area contributed by atoms with Crippen molar-refractivity contribution < 1.29 is 23.5 Å². The summed E-state index contributed by atoms with van der Waals surface area (Å²) in [5.41, 5.74) is 1.76. The topological polar surface area (TPSA) is 86.1 Å². The average molecular weight is 428 g/mol. The van der Waals surface area contributed by atoms with Crippen molar-refractivity contribution in [2.45, 2.75) is 6.92 Å². The molecule has 0 atom stereocenters. The number of carbonyl (C=O) groups is 2. The molecule has 3 aromatic rings. The highest BCUT2D eigenvalue weighted by Gasteiger charge is 2.35. The van der Waals surface area contributed by atoms with Crippen LogP contribution >= 0.6 is 11.6 Å². The highest BCUT2D eigenvalue weighted by molar-refractivity contribution is 6.52. The van der Waals surface area contributed by atoms with E-state index in [4.69, 9.17) is 25.5 Å². The molecular formula is C22H18ClNO6. The van der Waals surface area contributed by atoms with Crippen molar-refractivity contribution in [1.29, 1.82) is 0 Å². The SMILES string of the molecule is Cc1cc(=O)oc2cc(OCCOCCN3C(=O)C(=O)c4cc(Cl)ccc43)ccc12. The molecule has 0 saturated carbocycles. The van der Waals surface area contributed by atoms with Crippen LogP contribution < -0.4 is 15.3 Å². The summed E-state index contributed by atoms with van der Waals surface area (Å²) in [5, 5.41) is 1.26. The third-order valence-electron chi connectivity index (χ3n) is 4.81. The lowest BCUT2D eigenvalue weighted by Crippen LogP contribution is -2.33. The second-order valence-corrected chi connectivity index (χ2v) is 7.25. The van der Waals surface area contributed by atoms with Crippen molar-refractivity contribution in [3.8, 4) is 5.75 Å². The molecule has 1 aliphatic heterocycles. The molecule has 0 unspecified atom stereocenters. The molecule has 0 fully saturated rings. The molecule has 1 amide bonds. The normalized spacial score (nSPS) is 13.2. The summed E-state index contributed by atoms with van der Waals surface area (Å²) >= 11 is 5.90. The maximum atomic E-state index is 12.2. The molecule has 7 nitrogen and oxygen atoms in total. The van der Waals surface area contributed by atoms with E-state index in [-0.39, 0.29) is 19.8 Å². The van der Waals surface area contributed by atoms with E-state index in [1.165, 1.54) is 17.0 Å². The van der Waals surface area contributed by atoms with Gasteiger partial charge in [-0.2, -0.15) is 0 Å². The van der Waals surface area contributed by atoms with E-state index in [9.17, 15) is 14.4 Å². The van der Waals surface area contributed by atoms with Gasteiger partial charge in [0.15, 0.2) is 0 Å². The Bertz CT molecular complexity index is 1200. The molecule has 8 heteroatoms. The van der Waals surface area contributed by atoms with Crippen LogP contribution in [0.5, 0.6) is 5.75 Å². The van der Waals surface area contributed by atoms with Crippen molar-refractivity contribution in [3.05, 3.63) is 69.0 Å². The molecule has 0 N–H and O–H groups in total. The molecule has 30 heavy (non-hydrogen) atoms. The van der Waals surface area contributed by atoms with Crippen LogP contribution in [0.15, 0.2) is 51.7 Å². The zero-order valence-corrected chi connectivity index (χ0v) is 16.9. The summed E-state index contributed by atoms with van der Waals surface area (Å²) in [4.78, 5) is 37.1. The summed E-state index contributed by atoms with van der Waals surface area (Å²) in [6, 6.07) is 11.5. The van der Waals surface area contributed by atoms with Gasteiger partial charge in [0.25, 0.3) is 11.7 Å². The summed E-state index contributed by atoms with van der Waals surface area (Å²) < 4.78 is 16.4. The number of rotatable bonds is 7. The van der Waals surface area contributed by atoms with Gasteiger partial charge in [-0.25, -0.2) is 4.79 Å². The van der Waals surface area contributed by atoms with E-state index >= 15 is 0 Å². The van der Waals surface area contributed by atoms with Gasteiger partial charge in [0, 0.05) is 29.1 Å². The third kappa shape index (κ3) is 3.94. The molecule has 0 bridgehead atoms. The molecule has 2 aromatic carbocycles. The standard InChI is InChI=1S/C22H18ClNO6/c1-13-10-20(25)30-19-12-15(3-4-16(13)19)29-9-8-28-7-6-24-18-5-2-14(23)11-17(18)21(26)22(24)27/h2-5,10-12H,6-9H2,1H3. The Morgan fingerprint density at radius 2 is 1.83 bits per heavy atom. The molecule has 2 heterocycles. The number of fused-ring (bicyclic) bond motifs is 2. The number of ketones is 1. The maximum Gasteiger partial charge on any atom is 0.336 e. The second-order valence-electron chi connectivity index (χ2n) is 6.81. The summed E-state index contributed by atoms with van der Waals surface area (Å²) in [6.45, 7) is 2.91. The highest BCUT2D eigenvalue weighted by atomic mass is 35.5. The second kappa shape index (κ2) is 8.30. The molecular weight excluding hydrogens is 410 g/mol. The molecule has 1 aliphatic rings. The molecule has 154 valence electrons. The molecule has 4 rings (SSSR count). The summed E-state index contributed by atoms with van der Waals surface area (Å²) in [7, 11) is 0. The van der Waals surface area contributed by atoms with Gasteiger partial charge in [-0.1, -0.05) is 11.6 Å². The maximum absolute atomic E-state index is 12.2. The third-order valence-corrected chi connectivity index (χ3v) is 5.05. The fourth-order valence-electron chi connectivity index (χ4n) is 3.37. The Labute approximate surface area is 176 Å². The van der Waals surface area contributed by atoms with E-state index in [0.717, 1.165) is 10.9 Å². The van der Waals surface area contributed by atoms with E-state index < -0.39 is 17.3 Å². The van der Waals surface area contributed by atoms with Crippen LogP contribution in [0.25, 0.3) is 11.0 Å². The number of Topliss-reactive ketones (excluding diaryl/α,β-unsaturated/α-hetero) is 1. The van der Waals surface area contributed by atoms with E-state index in [1.807, 2.05) is 13.0 Å². The summed E-state index contributed by atoms with van der Waals surface area (Å²) in [6.07, 6.45) is 0. The van der Waals surface area contributed by atoms with E-state index in [0.29, 0.717) is 34.2 Å². The van der Waals surface area contributed by atoms with E-state index in [1.54, 1.807) is 24.3 Å². The van der Waals surface area contributed by atoms with Crippen molar-refractivity contribution >= 4 is 39.9 Å². The minimum Gasteiger partial charge on any atom is -0.491 e. The molecule has 0 spiro atoms. The van der Waals surface area contributed by atoms with Crippen LogP contribution in [0, 0.1) is 6.92 Å². The van der Waals surface area contributed by atoms with Gasteiger partial charge in [0.05, 0.1) is 24.5 Å². The lowest BCUT2D eigenvalue weighted by molar-refractivity contribution is -0.114. The Morgan fingerprint density at radius 1 is 1.00 bits per heavy atom. The monoisotopic (exact) mass is 427 g/mol. The first-order valence-electron chi connectivity index (χ1n) is 9.35. The Kier molecular flexibility index (Phi) is 5.57. The van der Waals surface area contributed by atoms with Crippen molar-refractivity contribution in [1.82, 2.24) is 0 Å². The van der Waals surface area contributed by atoms with Crippen LogP contribution in [-0.4, -0.2) is 38.1 Å². The van der Waals surface area contributed by atoms with Gasteiger partial charge in [-0.05, 0) is 42.8 Å². The van der Waals surface area contributed by atoms with Gasteiger partial charge in [-0.15, -0.1) is 0 Å². The van der Waals surface area contributed by atoms with Gasteiger partial charge >= 0.3 is 5.63 Å².